The molecule has 86 heavy (non-hydrogen) atoms. The van der Waals surface area contributed by atoms with Crippen LogP contribution in [0, 0.1) is 41.5 Å². The molecule has 0 heterocycles. The maximum absolute atomic E-state index is 2.52. The van der Waals surface area contributed by atoms with Crippen molar-refractivity contribution in [2.24, 2.45) is 0 Å². The second-order valence-electron chi connectivity index (χ2n) is 25.7. The zero-order valence-electron chi connectivity index (χ0n) is 48.8. The number of rotatable bonds is 4. The zero-order chi connectivity index (χ0) is 56.9. The average molecular weight is 1090 g/mol. The highest BCUT2D eigenvalue weighted by molar-refractivity contribution is 6.48. The summed E-state index contributed by atoms with van der Waals surface area (Å²) in [6, 6.07) is 85.4. The largest absolute Gasteiger partial charge is 0.0587 e. The summed E-state index contributed by atoms with van der Waals surface area (Å²) in [5.74, 6) is 0. The number of benzene rings is 17. The summed E-state index contributed by atoms with van der Waals surface area (Å²) in [5.41, 5.74) is 23.2. The van der Waals surface area contributed by atoms with Crippen molar-refractivity contribution in [1.82, 2.24) is 0 Å². The number of fused-ring (bicyclic) bond motifs is 14. The van der Waals surface area contributed by atoms with Crippen molar-refractivity contribution in [2.75, 3.05) is 0 Å². The predicted octanol–water partition coefficient (Wildman–Crippen LogP) is 24.6. The van der Waals surface area contributed by atoms with Gasteiger partial charge in [0.05, 0.1) is 0 Å². The van der Waals surface area contributed by atoms with Gasteiger partial charge in [0, 0.05) is 0 Å². The first-order valence-electron chi connectivity index (χ1n) is 30.6. The van der Waals surface area contributed by atoms with Crippen LogP contribution in [-0.4, -0.2) is 0 Å². The Hall–Kier alpha value is -10.4. The van der Waals surface area contributed by atoms with E-state index in [1.54, 1.807) is 0 Å². The zero-order valence-corrected chi connectivity index (χ0v) is 48.8. The van der Waals surface area contributed by atoms with Gasteiger partial charge in [0.1, 0.15) is 0 Å². The summed E-state index contributed by atoms with van der Waals surface area (Å²) in [6.07, 6.45) is 0. The molecule has 0 aromatic heterocycles. The summed E-state index contributed by atoms with van der Waals surface area (Å²) < 4.78 is 0. The van der Waals surface area contributed by atoms with Gasteiger partial charge in [-0.25, -0.2) is 0 Å². The first-order valence-corrected chi connectivity index (χ1v) is 30.6. The van der Waals surface area contributed by atoms with Gasteiger partial charge in [0.2, 0.25) is 0 Å². The highest BCUT2D eigenvalue weighted by Crippen LogP contribution is 2.58. The van der Waals surface area contributed by atoms with Crippen LogP contribution in [0.1, 0.15) is 33.4 Å². The van der Waals surface area contributed by atoms with E-state index in [9.17, 15) is 0 Å². The third kappa shape index (κ3) is 5.89. The second-order valence-corrected chi connectivity index (χ2v) is 25.7. The molecule has 0 bridgehead atoms. The van der Waals surface area contributed by atoms with E-state index in [2.05, 4.69) is 260 Å². The Kier molecular flexibility index (Phi) is 8.89. The number of aryl methyl sites for hydroxylation is 6. The summed E-state index contributed by atoms with van der Waals surface area (Å²) in [4.78, 5) is 0. The van der Waals surface area contributed by atoms with Crippen LogP contribution >= 0.6 is 0 Å². The van der Waals surface area contributed by atoms with E-state index in [1.807, 2.05) is 0 Å². The molecule has 0 unspecified atom stereocenters. The molecule has 19 aromatic rings. The van der Waals surface area contributed by atoms with Gasteiger partial charge in [-0.1, -0.05) is 204 Å². The van der Waals surface area contributed by atoms with E-state index in [-0.39, 0.29) is 0 Å². The summed E-state index contributed by atoms with van der Waals surface area (Å²) in [7, 11) is 0. The van der Waals surface area contributed by atoms with Crippen LogP contribution < -0.4 is 0 Å². The molecule has 0 saturated heterocycles. The van der Waals surface area contributed by atoms with Gasteiger partial charge in [0.25, 0.3) is 0 Å². The topological polar surface area (TPSA) is 0 Å². The quantitative estimate of drug-likeness (QED) is 0.122. The van der Waals surface area contributed by atoms with Crippen molar-refractivity contribution in [3.8, 4) is 66.8 Å². The van der Waals surface area contributed by atoms with E-state index in [0.717, 1.165) is 0 Å². The van der Waals surface area contributed by atoms with Crippen molar-refractivity contribution in [2.45, 2.75) is 41.5 Å². The molecule has 0 radical (unpaired) electrons. The van der Waals surface area contributed by atoms with Crippen LogP contribution in [0.3, 0.4) is 0 Å². The summed E-state index contributed by atoms with van der Waals surface area (Å²) in [6.45, 7) is 13.5. The van der Waals surface area contributed by atoms with E-state index < -0.39 is 0 Å². The van der Waals surface area contributed by atoms with E-state index in [0.29, 0.717) is 0 Å². The molecule has 0 nitrogen and oxygen atoms in total. The fourth-order valence-electron chi connectivity index (χ4n) is 17.0. The van der Waals surface area contributed by atoms with Gasteiger partial charge in [0.15, 0.2) is 0 Å². The van der Waals surface area contributed by atoms with Crippen LogP contribution in [0.25, 0.3) is 207 Å². The van der Waals surface area contributed by atoms with Crippen LogP contribution in [0.2, 0.25) is 0 Å². The molecule has 398 valence electrons. The maximum Gasteiger partial charge on any atom is -0.00137 e. The maximum atomic E-state index is 2.52. The molecule has 1 aliphatic rings. The second kappa shape index (κ2) is 16.3. The normalized spacial score (nSPS) is 12.8. The Morgan fingerprint density at radius 3 is 0.791 bits per heavy atom. The van der Waals surface area contributed by atoms with Crippen molar-refractivity contribution in [3.05, 3.63) is 252 Å². The molecular formula is C86H54. The Morgan fingerprint density at radius 1 is 0.151 bits per heavy atom. The fourth-order valence-corrected chi connectivity index (χ4v) is 17.0. The SMILES string of the molecule is Cc1ccc(-c2cc3cc(-c4ccc(C)cc4)cc4c5ccc6c7c(C)c8c9ccc%10c%11ccc%12c%13c(ccc(c%14ccc(c8c(C)c7c7ccc(c(c2)c34)c5c76)c9c%14%10)c%13%11)-c2cc3c(-c4ccc(C)cc4)ccc(-c4ccc(C)cc4)c3cc2-%12)cc1. The van der Waals surface area contributed by atoms with Crippen LogP contribution in [-0.2, 0) is 0 Å². The monoisotopic (exact) mass is 1090 g/mol. The number of hydrogen-bond acceptors (Lipinski definition) is 0. The van der Waals surface area contributed by atoms with E-state index in [4.69, 9.17) is 0 Å². The highest BCUT2D eigenvalue weighted by atomic mass is 14.3. The minimum absolute atomic E-state index is 1.25. The summed E-state index contributed by atoms with van der Waals surface area (Å²) in [5, 5.41) is 35.2. The lowest BCUT2D eigenvalue weighted by atomic mass is 9.85. The third-order valence-electron chi connectivity index (χ3n) is 21.0. The summed E-state index contributed by atoms with van der Waals surface area (Å²) >= 11 is 0. The molecule has 20 rings (SSSR count). The molecule has 19 aromatic carbocycles. The first-order chi connectivity index (χ1) is 42.1. The Bertz CT molecular complexity index is 5870. The molecule has 0 atom stereocenters. The molecule has 1 aliphatic carbocycles. The predicted molar refractivity (Wildman–Crippen MR) is 373 cm³/mol. The molecule has 0 fully saturated rings. The molecule has 0 amide bonds. The Morgan fingerprint density at radius 2 is 0.430 bits per heavy atom. The lowest BCUT2D eigenvalue weighted by Crippen LogP contribution is -1.90. The van der Waals surface area contributed by atoms with E-state index >= 15 is 0 Å². The van der Waals surface area contributed by atoms with Crippen LogP contribution in [0.15, 0.2) is 218 Å². The molecular weight excluding hydrogens is 1030 g/mol. The Labute approximate surface area is 497 Å². The third-order valence-corrected chi connectivity index (χ3v) is 21.0. The van der Waals surface area contributed by atoms with Gasteiger partial charge < -0.3 is 0 Å². The lowest BCUT2D eigenvalue weighted by Gasteiger charge is -2.18. The van der Waals surface area contributed by atoms with Crippen molar-refractivity contribution in [3.63, 3.8) is 0 Å². The lowest BCUT2D eigenvalue weighted by molar-refractivity contribution is 1.47. The highest BCUT2D eigenvalue weighted by Gasteiger charge is 2.30. The molecule has 0 saturated carbocycles. The van der Waals surface area contributed by atoms with Crippen molar-refractivity contribution >= 4 is 140 Å². The Balaban J connectivity index is 0.820. The minimum Gasteiger partial charge on any atom is -0.0587 e. The molecule has 0 N–H and O–H groups in total. The fraction of sp³-hybridized carbons (Fsp3) is 0.0698. The smallest absolute Gasteiger partial charge is 0.00137 e. The van der Waals surface area contributed by atoms with Crippen LogP contribution in [0.5, 0.6) is 0 Å². The number of hydrogen-bond donors (Lipinski definition) is 0. The minimum atomic E-state index is 1.25. The standard InChI is InChI=1S/C86H54/c1-43-7-15-49(16-8-43)53-37-55-38-54(50-17-9-44(2)10-18-50)40-75-65-32-36-69-79-48(6)77-67-34-30-61-59-26-28-63-73-42-71-57(52-21-13-46(4)14-22-52)24-23-56(51-19-11-45(3)12-20-51)70(71)41-72(73)62-27-25-58(81(59)83(62)63)60-29-33-66(85(67)82(60)61)76(77)47(5)78(79)68-35-31-64(84(65)86(68)69)74(39-53)80(55)75/h7-42H,1-6H3. The van der Waals surface area contributed by atoms with Gasteiger partial charge in [-0.3, -0.25) is 0 Å². The molecule has 0 heteroatoms. The van der Waals surface area contributed by atoms with Crippen molar-refractivity contribution in [1.29, 1.82) is 0 Å². The van der Waals surface area contributed by atoms with Crippen molar-refractivity contribution < 1.29 is 0 Å². The molecule has 0 aliphatic heterocycles. The van der Waals surface area contributed by atoms with Gasteiger partial charge in [-0.05, 0) is 296 Å². The molecule has 0 spiro atoms. The van der Waals surface area contributed by atoms with Gasteiger partial charge in [-0.15, -0.1) is 0 Å². The van der Waals surface area contributed by atoms with Crippen LogP contribution in [0.4, 0.5) is 0 Å². The van der Waals surface area contributed by atoms with E-state index in [1.165, 1.54) is 240 Å². The van der Waals surface area contributed by atoms with Gasteiger partial charge >= 0.3 is 0 Å². The average Bonchev–Trinajstić information content (AvgIpc) is 1.48. The first kappa shape index (κ1) is 47.0. The van der Waals surface area contributed by atoms with Gasteiger partial charge in [-0.2, -0.15) is 0 Å².